The Morgan fingerprint density at radius 2 is 1.92 bits per heavy atom. The fraction of sp³-hybridized carbons (Fsp3) is 0.500. The molecule has 5 N–H and O–H groups in total. The maximum atomic E-state index is 4.61. The van der Waals surface area contributed by atoms with E-state index in [-0.39, 0.29) is 6.17 Å². The smallest absolute Gasteiger partial charge is 0.151 e. The molecule has 1 fully saturated rings. The van der Waals surface area contributed by atoms with Gasteiger partial charge in [-0.1, -0.05) is 38.1 Å². The van der Waals surface area contributed by atoms with Gasteiger partial charge in [-0.25, -0.2) is 4.98 Å². The minimum absolute atomic E-state index is 0.0612. The summed E-state index contributed by atoms with van der Waals surface area (Å²) in [5, 5.41) is 17.3. The molecule has 36 heavy (non-hydrogen) atoms. The number of anilines is 2. The Labute approximate surface area is 217 Å². The first-order valence-electron chi connectivity index (χ1n) is 13.4. The van der Waals surface area contributed by atoms with Crippen LogP contribution in [-0.4, -0.2) is 30.3 Å². The zero-order valence-corrected chi connectivity index (χ0v) is 22.9. The molecule has 6 nitrogen and oxygen atoms in total. The number of rotatable bonds is 6. The monoisotopic (exact) mass is 488 g/mol. The highest BCUT2D eigenvalue weighted by molar-refractivity contribution is 5.88. The fourth-order valence-electron chi connectivity index (χ4n) is 5.07. The van der Waals surface area contributed by atoms with Crippen molar-refractivity contribution in [3.8, 4) is 11.1 Å². The predicted octanol–water partition coefficient (Wildman–Crippen LogP) is 6.07. The van der Waals surface area contributed by atoms with E-state index in [1.54, 1.807) is 0 Å². The number of nitrogens with zero attached hydrogens (tertiary/aromatic N) is 1. The van der Waals surface area contributed by atoms with E-state index in [0.29, 0.717) is 11.6 Å². The molecule has 6 heteroatoms. The molecule has 0 spiro atoms. The van der Waals surface area contributed by atoms with Gasteiger partial charge in [0.25, 0.3) is 0 Å². The van der Waals surface area contributed by atoms with Gasteiger partial charge in [0.1, 0.15) is 6.17 Å². The third kappa shape index (κ3) is 6.04. The van der Waals surface area contributed by atoms with Crippen LogP contribution in [0.5, 0.6) is 0 Å². The minimum Gasteiger partial charge on any atom is -0.392 e. The number of nitrogens with one attached hydrogen (secondary N) is 5. The zero-order chi connectivity index (χ0) is 25.9. The third-order valence-electron chi connectivity index (χ3n) is 7.43. The van der Waals surface area contributed by atoms with Crippen LogP contribution < -0.4 is 26.6 Å². The summed E-state index contributed by atoms with van der Waals surface area (Å²) in [5.41, 5.74) is 10.5. The second kappa shape index (κ2) is 11.0. The van der Waals surface area contributed by atoms with Gasteiger partial charge in [0.05, 0.1) is 11.7 Å². The topological polar surface area (TPSA) is 83.0 Å². The lowest BCUT2D eigenvalue weighted by Gasteiger charge is -2.21. The Bertz CT molecular complexity index is 1130. The average molecular weight is 489 g/mol. The van der Waals surface area contributed by atoms with Crippen LogP contribution in [0.15, 0.2) is 54.0 Å². The van der Waals surface area contributed by atoms with Crippen LogP contribution in [0.3, 0.4) is 0 Å². The second-order valence-electron chi connectivity index (χ2n) is 10.9. The fourth-order valence-corrected chi connectivity index (χ4v) is 5.07. The Kier molecular flexibility index (Phi) is 7.94. The quantitative estimate of drug-likeness (QED) is 0.251. The summed E-state index contributed by atoms with van der Waals surface area (Å²) < 4.78 is 0. The van der Waals surface area contributed by atoms with E-state index in [1.165, 1.54) is 52.9 Å². The van der Waals surface area contributed by atoms with Crippen LogP contribution in [0, 0.1) is 0 Å². The first kappa shape index (κ1) is 26.1. The van der Waals surface area contributed by atoms with Crippen molar-refractivity contribution < 1.29 is 0 Å². The van der Waals surface area contributed by atoms with E-state index in [9.17, 15) is 0 Å². The number of aryl methyl sites for hydroxylation is 1. The molecule has 0 bridgehead atoms. The van der Waals surface area contributed by atoms with Crippen LogP contribution in [-0.2, 0) is 6.42 Å². The molecule has 0 saturated carbocycles. The van der Waals surface area contributed by atoms with Crippen molar-refractivity contribution >= 4 is 11.5 Å². The Morgan fingerprint density at radius 1 is 1.17 bits per heavy atom. The summed E-state index contributed by atoms with van der Waals surface area (Å²) in [7, 11) is 1.97. The minimum atomic E-state index is 0.0612. The molecule has 1 aromatic carbocycles. The number of fused-ring (bicyclic) bond motifs is 2. The summed E-state index contributed by atoms with van der Waals surface area (Å²) in [6.07, 6.45) is 7.70. The van der Waals surface area contributed by atoms with Gasteiger partial charge in [0.2, 0.25) is 0 Å². The molecule has 2 aliphatic heterocycles. The molecule has 2 atom stereocenters. The van der Waals surface area contributed by atoms with Gasteiger partial charge in [-0.05, 0) is 81.7 Å². The number of aromatic nitrogens is 1. The van der Waals surface area contributed by atoms with Crippen molar-refractivity contribution in [3.63, 3.8) is 0 Å². The molecule has 194 valence electrons. The standard InChI is InChI=1S/C26H35N5.C4H9N/c1-6-20(17(4)27-5)25-30-24-22(13-14-28-26(24)31-25)19-11-12-21-18(15-19)9-7-8-10-23(21)29-16(2)3;1-4(2)3-5-4/h11-15,23,25,27,29-30H,2,6-10H2,1,3-5H3,(H,28,31);5H,3H2,1-2H3/b20-17+;. The number of benzene rings is 1. The van der Waals surface area contributed by atoms with Crippen molar-refractivity contribution in [1.29, 1.82) is 0 Å². The molecule has 5 rings (SSSR count). The molecule has 3 heterocycles. The molecule has 1 aromatic heterocycles. The molecule has 3 aliphatic rings. The van der Waals surface area contributed by atoms with Gasteiger partial charge in [-0.15, -0.1) is 0 Å². The van der Waals surface area contributed by atoms with Crippen LogP contribution >= 0.6 is 0 Å². The van der Waals surface area contributed by atoms with Crippen LogP contribution in [0.2, 0.25) is 0 Å². The van der Waals surface area contributed by atoms with Gasteiger partial charge in [0.15, 0.2) is 5.82 Å². The van der Waals surface area contributed by atoms with Gasteiger partial charge >= 0.3 is 0 Å². The van der Waals surface area contributed by atoms with E-state index in [2.05, 4.69) is 90.1 Å². The third-order valence-corrected chi connectivity index (χ3v) is 7.43. The lowest BCUT2D eigenvalue weighted by atomic mass is 9.94. The largest absolute Gasteiger partial charge is 0.392 e. The van der Waals surface area contributed by atoms with Crippen LogP contribution in [0.1, 0.15) is 77.5 Å². The summed E-state index contributed by atoms with van der Waals surface area (Å²) >= 11 is 0. The molecule has 0 radical (unpaired) electrons. The maximum absolute atomic E-state index is 4.61. The lowest BCUT2D eigenvalue weighted by Crippen LogP contribution is -2.27. The number of allylic oxidation sites excluding steroid dienone is 2. The first-order valence-corrected chi connectivity index (χ1v) is 13.4. The van der Waals surface area contributed by atoms with Crippen LogP contribution in [0.4, 0.5) is 11.5 Å². The molecule has 1 saturated heterocycles. The van der Waals surface area contributed by atoms with Crippen molar-refractivity contribution in [3.05, 3.63) is 65.1 Å². The number of pyridine rings is 1. The summed E-state index contributed by atoms with van der Waals surface area (Å²) in [4.78, 5) is 4.61. The van der Waals surface area contributed by atoms with Crippen molar-refractivity contribution in [2.24, 2.45) is 0 Å². The second-order valence-corrected chi connectivity index (χ2v) is 10.9. The van der Waals surface area contributed by atoms with Crippen molar-refractivity contribution in [2.45, 2.75) is 84.5 Å². The van der Waals surface area contributed by atoms with E-state index >= 15 is 0 Å². The highest BCUT2D eigenvalue weighted by atomic mass is 15.2. The predicted molar refractivity (Wildman–Crippen MR) is 153 cm³/mol. The number of hydrogen-bond donors (Lipinski definition) is 5. The molecule has 0 amide bonds. The molecule has 2 aromatic rings. The normalized spacial score (nSPS) is 21.7. The van der Waals surface area contributed by atoms with E-state index in [0.717, 1.165) is 36.5 Å². The Morgan fingerprint density at radius 3 is 2.56 bits per heavy atom. The molecular weight excluding hydrogens is 444 g/mol. The van der Waals surface area contributed by atoms with E-state index < -0.39 is 0 Å². The summed E-state index contributed by atoms with van der Waals surface area (Å²) in [6.45, 7) is 16.0. The van der Waals surface area contributed by atoms with E-state index in [4.69, 9.17) is 0 Å². The Balaban J connectivity index is 0.000000543. The zero-order valence-electron chi connectivity index (χ0n) is 22.9. The Hall–Kier alpha value is -2.99. The van der Waals surface area contributed by atoms with E-state index in [1.807, 2.05) is 20.2 Å². The van der Waals surface area contributed by atoms with Gasteiger partial charge in [-0.2, -0.15) is 0 Å². The van der Waals surface area contributed by atoms with Gasteiger partial charge in [0, 0.05) is 42.3 Å². The average Bonchev–Trinajstić information content (AvgIpc) is 3.44. The lowest BCUT2D eigenvalue weighted by molar-refractivity contribution is 0.537. The molecular formula is C30H44N6. The summed E-state index contributed by atoms with van der Waals surface area (Å²) in [6, 6.07) is 9.44. The van der Waals surface area contributed by atoms with Crippen molar-refractivity contribution in [1.82, 2.24) is 20.9 Å². The van der Waals surface area contributed by atoms with Crippen molar-refractivity contribution in [2.75, 3.05) is 24.2 Å². The highest BCUT2D eigenvalue weighted by Gasteiger charge is 2.29. The first-order chi connectivity index (χ1) is 17.2. The molecule has 1 aliphatic carbocycles. The van der Waals surface area contributed by atoms with Gasteiger partial charge < -0.3 is 26.6 Å². The molecule has 2 unspecified atom stereocenters. The summed E-state index contributed by atoms with van der Waals surface area (Å²) in [5.74, 6) is 0.925. The SMILES string of the molecule is C=C(C)NC1CCCCc2cc(-c3ccnc4c3NC(/C(CC)=C(\C)NC)N4)ccc21.CC1(C)CN1. The number of hydrogen-bond acceptors (Lipinski definition) is 6. The van der Waals surface area contributed by atoms with Gasteiger partial charge in [-0.3, -0.25) is 0 Å². The van der Waals surface area contributed by atoms with Crippen LogP contribution in [0.25, 0.3) is 11.1 Å². The maximum Gasteiger partial charge on any atom is 0.151 e. The highest BCUT2D eigenvalue weighted by Crippen LogP contribution is 2.40.